The summed E-state index contributed by atoms with van der Waals surface area (Å²) in [4.78, 5) is 4.42. The van der Waals surface area contributed by atoms with Crippen molar-refractivity contribution in [2.24, 2.45) is 7.05 Å². The Balaban J connectivity index is 1.92. The molecule has 0 bridgehead atoms. The molecule has 0 aliphatic heterocycles. The number of fused-ring (bicyclic) bond motifs is 1. The Bertz CT molecular complexity index is 984. The Kier molecular flexibility index (Phi) is 3.12. The van der Waals surface area contributed by atoms with Crippen LogP contribution >= 0.6 is 0 Å². The van der Waals surface area contributed by atoms with Crippen LogP contribution in [0.25, 0.3) is 33.3 Å². The Morgan fingerprint density at radius 3 is 2.30 bits per heavy atom. The number of hydrogen-bond acceptors (Lipinski definition) is 2. The first kappa shape index (κ1) is 13.6. The highest BCUT2D eigenvalue weighted by molar-refractivity contribution is 5.94. The minimum absolute atomic E-state index is 0.534. The van der Waals surface area contributed by atoms with Crippen molar-refractivity contribution >= 4 is 17.0 Å². The molecule has 23 heavy (non-hydrogen) atoms. The second-order valence-electron chi connectivity index (χ2n) is 5.65. The number of nitrogens with zero attached hydrogens (tertiary/aromatic N) is 2. The molecule has 0 amide bonds. The molecule has 0 aliphatic rings. The Labute approximate surface area is 135 Å². The second-order valence-corrected chi connectivity index (χ2v) is 5.65. The van der Waals surface area contributed by atoms with Crippen LogP contribution in [-0.2, 0) is 7.05 Å². The van der Waals surface area contributed by atoms with Gasteiger partial charge in [-0.05, 0) is 28.8 Å². The largest absolute Gasteiger partial charge is 0.369 e. The summed E-state index contributed by atoms with van der Waals surface area (Å²) in [6, 6.07) is 25.1. The van der Waals surface area contributed by atoms with E-state index in [9.17, 15) is 0 Å². The molecule has 2 N–H and O–H groups in total. The highest BCUT2D eigenvalue weighted by Crippen LogP contribution is 2.32. The van der Waals surface area contributed by atoms with Crippen LogP contribution in [0.1, 0.15) is 0 Å². The van der Waals surface area contributed by atoms with Crippen LogP contribution in [0.15, 0.2) is 72.8 Å². The summed E-state index contributed by atoms with van der Waals surface area (Å²) >= 11 is 0. The van der Waals surface area contributed by atoms with Gasteiger partial charge in [-0.25, -0.2) is 4.98 Å². The topological polar surface area (TPSA) is 43.8 Å². The number of nitrogens with two attached hydrogens (primary N) is 1. The molecular weight excluding hydrogens is 282 g/mol. The molecule has 112 valence electrons. The second kappa shape index (κ2) is 5.29. The molecule has 0 fully saturated rings. The highest BCUT2D eigenvalue weighted by Gasteiger charge is 2.11. The fraction of sp³-hybridized carbons (Fsp3) is 0.0500. The zero-order valence-electron chi connectivity index (χ0n) is 12.9. The monoisotopic (exact) mass is 299 g/mol. The van der Waals surface area contributed by atoms with E-state index in [1.807, 2.05) is 29.8 Å². The number of anilines is 1. The van der Waals surface area contributed by atoms with E-state index in [0.29, 0.717) is 5.95 Å². The third-order valence-electron chi connectivity index (χ3n) is 4.21. The predicted molar refractivity (Wildman–Crippen MR) is 96.0 cm³/mol. The predicted octanol–water partition coefficient (Wildman–Crippen LogP) is 4.49. The summed E-state index contributed by atoms with van der Waals surface area (Å²) in [6.45, 7) is 0. The van der Waals surface area contributed by atoms with Gasteiger partial charge in [0.25, 0.3) is 0 Å². The number of hydrogen-bond donors (Lipinski definition) is 1. The van der Waals surface area contributed by atoms with E-state index in [1.165, 1.54) is 16.7 Å². The van der Waals surface area contributed by atoms with Crippen LogP contribution in [0.3, 0.4) is 0 Å². The Morgan fingerprint density at radius 1 is 0.783 bits per heavy atom. The standard InChI is InChI=1S/C20H17N3/c1-23-19-17(11-6-12-18(19)22-20(23)21)16-10-5-9-15(13-16)14-7-3-2-4-8-14/h2-13H,1H3,(H2,21,22). The van der Waals surface area contributed by atoms with Crippen molar-refractivity contribution in [1.82, 2.24) is 9.55 Å². The molecule has 0 saturated heterocycles. The average molecular weight is 299 g/mol. The first-order chi connectivity index (χ1) is 11.2. The molecule has 1 aromatic heterocycles. The molecule has 0 atom stereocenters. The van der Waals surface area contributed by atoms with E-state index in [0.717, 1.165) is 16.6 Å². The zero-order chi connectivity index (χ0) is 15.8. The third kappa shape index (κ3) is 2.27. The Morgan fingerprint density at radius 2 is 1.48 bits per heavy atom. The fourth-order valence-electron chi connectivity index (χ4n) is 3.02. The van der Waals surface area contributed by atoms with E-state index in [2.05, 4.69) is 59.6 Å². The molecule has 0 saturated carbocycles. The molecule has 3 nitrogen and oxygen atoms in total. The number of aromatic nitrogens is 2. The molecule has 0 aliphatic carbocycles. The van der Waals surface area contributed by atoms with Gasteiger partial charge in [-0.1, -0.05) is 60.7 Å². The quantitative estimate of drug-likeness (QED) is 0.592. The number of benzene rings is 3. The zero-order valence-corrected chi connectivity index (χ0v) is 12.9. The van der Waals surface area contributed by atoms with E-state index in [1.54, 1.807) is 0 Å². The lowest BCUT2D eigenvalue weighted by Gasteiger charge is -2.08. The SMILES string of the molecule is Cn1c(N)nc2cccc(-c3cccc(-c4ccccc4)c3)c21. The van der Waals surface area contributed by atoms with Gasteiger partial charge in [-0.3, -0.25) is 0 Å². The summed E-state index contributed by atoms with van der Waals surface area (Å²) < 4.78 is 1.94. The molecular formula is C20H17N3. The number of nitrogen functional groups attached to an aromatic ring is 1. The minimum Gasteiger partial charge on any atom is -0.369 e. The van der Waals surface area contributed by atoms with Gasteiger partial charge >= 0.3 is 0 Å². The van der Waals surface area contributed by atoms with Crippen molar-refractivity contribution in [3.05, 3.63) is 72.8 Å². The van der Waals surface area contributed by atoms with E-state index in [4.69, 9.17) is 5.73 Å². The van der Waals surface area contributed by atoms with Crippen LogP contribution in [0.5, 0.6) is 0 Å². The van der Waals surface area contributed by atoms with Crippen molar-refractivity contribution in [2.45, 2.75) is 0 Å². The number of aryl methyl sites for hydroxylation is 1. The molecule has 0 radical (unpaired) electrons. The van der Waals surface area contributed by atoms with Crippen LogP contribution in [-0.4, -0.2) is 9.55 Å². The first-order valence-corrected chi connectivity index (χ1v) is 7.61. The smallest absolute Gasteiger partial charge is 0.200 e. The number of rotatable bonds is 2. The van der Waals surface area contributed by atoms with Gasteiger partial charge in [-0.15, -0.1) is 0 Å². The summed E-state index contributed by atoms with van der Waals surface area (Å²) in [6.07, 6.45) is 0. The maximum atomic E-state index is 5.97. The summed E-state index contributed by atoms with van der Waals surface area (Å²) in [5.41, 5.74) is 12.7. The lowest BCUT2D eigenvalue weighted by molar-refractivity contribution is 0.966. The molecule has 1 heterocycles. The van der Waals surface area contributed by atoms with E-state index < -0.39 is 0 Å². The minimum atomic E-state index is 0.534. The number of imidazole rings is 1. The van der Waals surface area contributed by atoms with Gasteiger partial charge < -0.3 is 10.3 Å². The normalized spacial score (nSPS) is 11.0. The maximum Gasteiger partial charge on any atom is 0.200 e. The summed E-state index contributed by atoms with van der Waals surface area (Å²) in [5, 5.41) is 0. The Hall–Kier alpha value is -3.07. The van der Waals surface area contributed by atoms with Crippen LogP contribution < -0.4 is 5.73 Å². The fourth-order valence-corrected chi connectivity index (χ4v) is 3.02. The lowest BCUT2D eigenvalue weighted by atomic mass is 9.98. The summed E-state index contributed by atoms with van der Waals surface area (Å²) in [7, 11) is 1.95. The van der Waals surface area contributed by atoms with E-state index in [-0.39, 0.29) is 0 Å². The maximum absolute atomic E-state index is 5.97. The molecule has 0 spiro atoms. The molecule has 0 unspecified atom stereocenters. The number of para-hydroxylation sites is 1. The van der Waals surface area contributed by atoms with Gasteiger partial charge in [-0.2, -0.15) is 0 Å². The van der Waals surface area contributed by atoms with E-state index >= 15 is 0 Å². The van der Waals surface area contributed by atoms with Crippen LogP contribution in [0.2, 0.25) is 0 Å². The molecule has 4 rings (SSSR count). The van der Waals surface area contributed by atoms with Gasteiger partial charge in [0.15, 0.2) is 0 Å². The first-order valence-electron chi connectivity index (χ1n) is 7.61. The van der Waals surface area contributed by atoms with Crippen LogP contribution in [0.4, 0.5) is 5.95 Å². The van der Waals surface area contributed by atoms with Crippen molar-refractivity contribution < 1.29 is 0 Å². The van der Waals surface area contributed by atoms with Gasteiger partial charge in [0.05, 0.1) is 11.0 Å². The lowest BCUT2D eigenvalue weighted by Crippen LogP contribution is -1.97. The van der Waals surface area contributed by atoms with Gasteiger partial charge in [0.2, 0.25) is 5.95 Å². The molecule has 3 heteroatoms. The summed E-state index contributed by atoms with van der Waals surface area (Å²) in [5.74, 6) is 0.534. The third-order valence-corrected chi connectivity index (χ3v) is 4.21. The highest BCUT2D eigenvalue weighted by atomic mass is 15.1. The van der Waals surface area contributed by atoms with Crippen molar-refractivity contribution in [3.63, 3.8) is 0 Å². The molecule has 3 aromatic carbocycles. The van der Waals surface area contributed by atoms with Crippen molar-refractivity contribution in [2.75, 3.05) is 5.73 Å². The van der Waals surface area contributed by atoms with Crippen molar-refractivity contribution in [1.29, 1.82) is 0 Å². The average Bonchev–Trinajstić information content (AvgIpc) is 2.90. The van der Waals surface area contributed by atoms with Crippen molar-refractivity contribution in [3.8, 4) is 22.3 Å². The van der Waals surface area contributed by atoms with Crippen LogP contribution in [0, 0.1) is 0 Å². The van der Waals surface area contributed by atoms with Gasteiger partial charge in [0, 0.05) is 12.6 Å². The van der Waals surface area contributed by atoms with Gasteiger partial charge in [0.1, 0.15) is 0 Å². The molecule has 4 aromatic rings.